The molecule has 0 rings (SSSR count). The second kappa shape index (κ2) is 16.4. The molecule has 1 N–H and O–H groups in total. The topological polar surface area (TPSA) is 63.6 Å². The highest BCUT2D eigenvalue weighted by Crippen LogP contribution is 2.21. The summed E-state index contributed by atoms with van der Waals surface area (Å²) in [6.07, 6.45) is 12.9. The van der Waals surface area contributed by atoms with Gasteiger partial charge in [-0.25, -0.2) is 4.79 Å². The lowest BCUT2D eigenvalue weighted by Gasteiger charge is -2.19. The van der Waals surface area contributed by atoms with Gasteiger partial charge in [-0.1, -0.05) is 85.0 Å². The van der Waals surface area contributed by atoms with Gasteiger partial charge in [-0.15, -0.1) is 0 Å². The Kier molecular flexibility index (Phi) is 15.7. The van der Waals surface area contributed by atoms with Crippen LogP contribution in [0.2, 0.25) is 0 Å². The van der Waals surface area contributed by atoms with E-state index in [-0.39, 0.29) is 11.9 Å². The van der Waals surface area contributed by atoms with Crippen molar-refractivity contribution in [3.8, 4) is 0 Å². The molecule has 0 saturated carbocycles. The van der Waals surface area contributed by atoms with Crippen LogP contribution in [0.5, 0.6) is 0 Å². The number of hydrogen-bond donors (Lipinski definition) is 1. The summed E-state index contributed by atoms with van der Waals surface area (Å²) in [4.78, 5) is 23.9. The predicted octanol–water partition coefficient (Wildman–Crippen LogP) is 6.12. The molecule has 0 aromatic heterocycles. The van der Waals surface area contributed by atoms with Crippen LogP contribution in [0.25, 0.3) is 0 Å². The van der Waals surface area contributed by atoms with E-state index in [0.717, 1.165) is 64.2 Å². The molecule has 0 aromatic carbocycles. The number of carbonyl (C=O) groups excluding carboxylic acids is 1. The Bertz CT molecular complexity index is 341. The van der Waals surface area contributed by atoms with Crippen LogP contribution in [0, 0.1) is 5.92 Å². The first kappa shape index (κ1) is 23.9. The lowest BCUT2D eigenvalue weighted by molar-refractivity contribution is -0.168. The number of hydrogen-bond acceptors (Lipinski definition) is 3. The van der Waals surface area contributed by atoms with E-state index in [1.807, 2.05) is 0 Å². The molecule has 0 aliphatic heterocycles. The van der Waals surface area contributed by atoms with E-state index < -0.39 is 12.1 Å². The molecule has 0 aromatic rings. The van der Waals surface area contributed by atoms with Gasteiger partial charge in [0.05, 0.1) is 5.92 Å². The fourth-order valence-electron chi connectivity index (χ4n) is 3.05. The number of aliphatic carboxylic acids is 1. The molecule has 2 atom stereocenters. The van der Waals surface area contributed by atoms with Crippen molar-refractivity contribution in [2.45, 2.75) is 117 Å². The van der Waals surface area contributed by atoms with Gasteiger partial charge in [0.25, 0.3) is 0 Å². The first-order valence-electron chi connectivity index (χ1n) is 10.5. The Labute approximate surface area is 154 Å². The maximum Gasteiger partial charge on any atom is 0.345 e. The van der Waals surface area contributed by atoms with Crippen LogP contribution in [-0.4, -0.2) is 23.1 Å². The molecule has 0 bridgehead atoms. The molecule has 0 fully saturated rings. The lowest BCUT2D eigenvalue weighted by Crippen LogP contribution is -2.30. The van der Waals surface area contributed by atoms with Crippen LogP contribution < -0.4 is 0 Å². The Morgan fingerprint density at radius 3 is 1.76 bits per heavy atom. The third-order valence-electron chi connectivity index (χ3n) is 4.75. The zero-order valence-electron chi connectivity index (χ0n) is 16.7. The molecular formula is C21H40O4. The Balaban J connectivity index is 4.42. The summed E-state index contributed by atoms with van der Waals surface area (Å²) in [5.74, 6) is -1.45. The second-order valence-electron chi connectivity index (χ2n) is 7.16. The standard InChI is InChI=1S/C21H40O4/c1-4-7-10-12-14-17-19(20(22)23)25-21(24)18(15-9-6-3)16-13-11-8-5-2/h18-19H,4-17H2,1-3H3,(H,22,23). The highest BCUT2D eigenvalue weighted by Gasteiger charge is 2.26. The molecule has 0 spiro atoms. The minimum absolute atomic E-state index is 0.140. The molecule has 0 aliphatic rings. The van der Waals surface area contributed by atoms with Crippen LogP contribution in [0.15, 0.2) is 0 Å². The molecule has 0 radical (unpaired) electrons. The summed E-state index contributed by atoms with van der Waals surface area (Å²) >= 11 is 0. The maximum absolute atomic E-state index is 12.5. The van der Waals surface area contributed by atoms with Gasteiger partial charge in [0.15, 0.2) is 6.10 Å². The van der Waals surface area contributed by atoms with E-state index in [0.29, 0.717) is 6.42 Å². The van der Waals surface area contributed by atoms with Crippen molar-refractivity contribution in [1.29, 1.82) is 0 Å². The van der Waals surface area contributed by atoms with Crippen molar-refractivity contribution in [2.75, 3.05) is 0 Å². The van der Waals surface area contributed by atoms with Crippen molar-refractivity contribution >= 4 is 11.9 Å². The first-order valence-corrected chi connectivity index (χ1v) is 10.5. The fraction of sp³-hybridized carbons (Fsp3) is 0.905. The van der Waals surface area contributed by atoms with Crippen molar-refractivity contribution in [1.82, 2.24) is 0 Å². The van der Waals surface area contributed by atoms with Crippen molar-refractivity contribution < 1.29 is 19.4 Å². The normalized spacial score (nSPS) is 13.4. The summed E-state index contributed by atoms with van der Waals surface area (Å²) in [7, 11) is 0. The van der Waals surface area contributed by atoms with E-state index in [4.69, 9.17) is 4.74 Å². The van der Waals surface area contributed by atoms with Crippen molar-refractivity contribution in [3.05, 3.63) is 0 Å². The summed E-state index contributed by atoms with van der Waals surface area (Å²) in [6, 6.07) is 0. The number of carbonyl (C=O) groups is 2. The number of carboxylic acid groups (broad SMARTS) is 1. The smallest absolute Gasteiger partial charge is 0.345 e. The highest BCUT2D eigenvalue weighted by molar-refractivity contribution is 5.79. The van der Waals surface area contributed by atoms with Gasteiger partial charge in [-0.2, -0.15) is 0 Å². The molecule has 0 amide bonds. The van der Waals surface area contributed by atoms with Crippen LogP contribution >= 0.6 is 0 Å². The number of rotatable bonds is 17. The quantitative estimate of drug-likeness (QED) is 0.252. The highest BCUT2D eigenvalue weighted by atomic mass is 16.6. The minimum atomic E-state index is -1.01. The predicted molar refractivity (Wildman–Crippen MR) is 103 cm³/mol. The second-order valence-corrected chi connectivity index (χ2v) is 7.16. The van der Waals surface area contributed by atoms with Crippen LogP contribution in [-0.2, 0) is 14.3 Å². The number of ether oxygens (including phenoxy) is 1. The monoisotopic (exact) mass is 356 g/mol. The largest absolute Gasteiger partial charge is 0.479 e. The number of unbranched alkanes of at least 4 members (excludes halogenated alkanes) is 8. The van der Waals surface area contributed by atoms with Crippen LogP contribution in [0.3, 0.4) is 0 Å². The lowest BCUT2D eigenvalue weighted by atomic mass is 9.95. The van der Waals surface area contributed by atoms with Gasteiger partial charge >= 0.3 is 11.9 Å². The Morgan fingerprint density at radius 2 is 1.20 bits per heavy atom. The van der Waals surface area contributed by atoms with E-state index in [9.17, 15) is 14.7 Å². The fourth-order valence-corrected chi connectivity index (χ4v) is 3.05. The molecule has 4 nitrogen and oxygen atoms in total. The average Bonchev–Trinajstić information content (AvgIpc) is 2.59. The molecule has 0 saturated heterocycles. The van der Waals surface area contributed by atoms with Gasteiger partial charge in [0.1, 0.15) is 0 Å². The maximum atomic E-state index is 12.5. The van der Waals surface area contributed by atoms with Gasteiger partial charge in [-0.05, 0) is 25.7 Å². The molecule has 4 heteroatoms. The average molecular weight is 357 g/mol. The molecule has 0 heterocycles. The van der Waals surface area contributed by atoms with Gasteiger partial charge in [0, 0.05) is 0 Å². The molecular weight excluding hydrogens is 316 g/mol. The number of esters is 1. The third-order valence-corrected chi connectivity index (χ3v) is 4.75. The minimum Gasteiger partial charge on any atom is -0.479 e. The van der Waals surface area contributed by atoms with Gasteiger partial charge in [-0.3, -0.25) is 4.79 Å². The zero-order chi connectivity index (χ0) is 18.9. The van der Waals surface area contributed by atoms with E-state index in [1.54, 1.807) is 0 Å². The number of carboxylic acids is 1. The summed E-state index contributed by atoms with van der Waals surface area (Å²) < 4.78 is 5.40. The zero-order valence-corrected chi connectivity index (χ0v) is 16.7. The van der Waals surface area contributed by atoms with Gasteiger partial charge < -0.3 is 9.84 Å². The summed E-state index contributed by atoms with van der Waals surface area (Å²) in [5.41, 5.74) is 0. The molecule has 148 valence electrons. The van der Waals surface area contributed by atoms with Crippen LogP contribution in [0.1, 0.15) is 111 Å². The van der Waals surface area contributed by atoms with E-state index in [2.05, 4.69) is 20.8 Å². The summed E-state index contributed by atoms with van der Waals surface area (Å²) in [6.45, 7) is 6.43. The summed E-state index contributed by atoms with van der Waals surface area (Å²) in [5, 5.41) is 9.35. The first-order chi connectivity index (χ1) is 12.1. The van der Waals surface area contributed by atoms with Crippen molar-refractivity contribution in [3.63, 3.8) is 0 Å². The molecule has 25 heavy (non-hydrogen) atoms. The third kappa shape index (κ3) is 12.9. The Morgan fingerprint density at radius 1 is 0.720 bits per heavy atom. The SMILES string of the molecule is CCCCCCCC(OC(=O)C(CCCC)CCCCCC)C(=O)O. The molecule has 2 unspecified atom stereocenters. The van der Waals surface area contributed by atoms with Crippen LogP contribution in [0.4, 0.5) is 0 Å². The van der Waals surface area contributed by atoms with E-state index >= 15 is 0 Å². The van der Waals surface area contributed by atoms with E-state index in [1.165, 1.54) is 19.3 Å². The Hall–Kier alpha value is -1.06. The molecule has 0 aliphatic carbocycles. The van der Waals surface area contributed by atoms with Crippen molar-refractivity contribution in [2.24, 2.45) is 5.92 Å². The van der Waals surface area contributed by atoms with Gasteiger partial charge in [0.2, 0.25) is 0 Å².